The Labute approximate surface area is 165 Å². The lowest BCUT2D eigenvalue weighted by atomic mass is 9.89. The molecule has 0 saturated heterocycles. The van der Waals surface area contributed by atoms with Crippen LogP contribution in [-0.2, 0) is 11.2 Å². The van der Waals surface area contributed by atoms with E-state index in [1.165, 1.54) is 0 Å². The molecule has 1 unspecified atom stereocenters. The van der Waals surface area contributed by atoms with Gasteiger partial charge in [-0.05, 0) is 47.4 Å². The van der Waals surface area contributed by atoms with E-state index in [1.54, 1.807) is 19.2 Å². The molecule has 146 valence electrons. The fourth-order valence-corrected chi connectivity index (χ4v) is 3.38. The molecule has 1 atom stereocenters. The van der Waals surface area contributed by atoms with Crippen LogP contribution in [0.5, 0.6) is 11.5 Å². The first-order valence-electron chi connectivity index (χ1n) is 9.64. The van der Waals surface area contributed by atoms with E-state index >= 15 is 0 Å². The van der Waals surface area contributed by atoms with Crippen LogP contribution >= 0.6 is 0 Å². The summed E-state index contributed by atoms with van der Waals surface area (Å²) >= 11 is 0. The fraction of sp³-hybridized carbons (Fsp3) is 0.292. The van der Waals surface area contributed by atoms with Crippen molar-refractivity contribution in [1.29, 1.82) is 0 Å². The van der Waals surface area contributed by atoms with Crippen LogP contribution in [0.15, 0.2) is 60.7 Å². The van der Waals surface area contributed by atoms with Gasteiger partial charge < -0.3 is 14.6 Å². The minimum atomic E-state index is -0.849. The standard InChI is InChI=1S/C24H26O4/c1-3-4-15-28-23-14-11-17-7-5-6-8-20(17)22(23)16-21(24(25)26)18-9-12-19(27-2)13-10-18/h5-14,21H,3-4,15-16H2,1-2H3,(H,25,26). The molecule has 1 N–H and O–H groups in total. The predicted molar refractivity (Wildman–Crippen MR) is 111 cm³/mol. The third-order valence-corrected chi connectivity index (χ3v) is 4.98. The van der Waals surface area contributed by atoms with Crippen molar-refractivity contribution in [2.24, 2.45) is 0 Å². The second kappa shape index (κ2) is 9.27. The highest BCUT2D eigenvalue weighted by Gasteiger charge is 2.23. The zero-order valence-corrected chi connectivity index (χ0v) is 16.4. The number of methoxy groups -OCH3 is 1. The lowest BCUT2D eigenvalue weighted by Gasteiger charge is -2.18. The van der Waals surface area contributed by atoms with Crippen molar-refractivity contribution in [1.82, 2.24) is 0 Å². The Morgan fingerprint density at radius 2 is 1.79 bits per heavy atom. The van der Waals surface area contributed by atoms with Gasteiger partial charge in [-0.2, -0.15) is 0 Å². The number of benzene rings is 3. The third-order valence-electron chi connectivity index (χ3n) is 4.98. The van der Waals surface area contributed by atoms with Gasteiger partial charge in [0.05, 0.1) is 19.6 Å². The zero-order valence-electron chi connectivity index (χ0n) is 16.4. The summed E-state index contributed by atoms with van der Waals surface area (Å²) in [5.41, 5.74) is 1.69. The van der Waals surface area contributed by atoms with E-state index in [9.17, 15) is 9.90 Å². The Bertz CT molecular complexity index is 931. The van der Waals surface area contributed by atoms with Gasteiger partial charge in [0, 0.05) is 5.56 Å². The summed E-state index contributed by atoms with van der Waals surface area (Å²) < 4.78 is 11.2. The van der Waals surface area contributed by atoms with Gasteiger partial charge in [0.15, 0.2) is 0 Å². The highest BCUT2D eigenvalue weighted by molar-refractivity contribution is 5.89. The Morgan fingerprint density at radius 1 is 1.04 bits per heavy atom. The third kappa shape index (κ3) is 4.45. The maximum absolute atomic E-state index is 12.1. The van der Waals surface area contributed by atoms with Gasteiger partial charge in [-0.25, -0.2) is 0 Å². The number of ether oxygens (including phenoxy) is 2. The first-order valence-corrected chi connectivity index (χ1v) is 9.64. The predicted octanol–water partition coefficient (Wildman–Crippen LogP) is 5.44. The van der Waals surface area contributed by atoms with Crippen LogP contribution < -0.4 is 9.47 Å². The van der Waals surface area contributed by atoms with Gasteiger partial charge in [-0.15, -0.1) is 0 Å². The second-order valence-electron chi connectivity index (χ2n) is 6.83. The number of unbranched alkanes of at least 4 members (excludes halogenated alkanes) is 1. The maximum Gasteiger partial charge on any atom is 0.311 e. The van der Waals surface area contributed by atoms with Gasteiger partial charge in [0.2, 0.25) is 0 Å². The smallest absolute Gasteiger partial charge is 0.311 e. The first kappa shape index (κ1) is 19.7. The van der Waals surface area contributed by atoms with Crippen LogP contribution in [0.2, 0.25) is 0 Å². The molecule has 0 bridgehead atoms. The molecule has 4 nitrogen and oxygen atoms in total. The SMILES string of the molecule is CCCCOc1ccc2ccccc2c1CC(C(=O)O)c1ccc(OC)cc1. The number of carboxylic acids is 1. The van der Waals surface area contributed by atoms with Gasteiger partial charge >= 0.3 is 5.97 Å². The summed E-state index contributed by atoms with van der Waals surface area (Å²) in [5.74, 6) is -0.0311. The van der Waals surface area contributed by atoms with Gasteiger partial charge in [0.1, 0.15) is 11.5 Å². The molecular weight excluding hydrogens is 352 g/mol. The van der Waals surface area contributed by atoms with E-state index in [-0.39, 0.29) is 0 Å². The Balaban J connectivity index is 2.00. The molecule has 0 spiro atoms. The number of hydrogen-bond donors (Lipinski definition) is 1. The average Bonchev–Trinajstić information content (AvgIpc) is 2.72. The summed E-state index contributed by atoms with van der Waals surface area (Å²) in [6, 6.07) is 19.3. The number of hydrogen-bond acceptors (Lipinski definition) is 3. The number of carboxylic acid groups (broad SMARTS) is 1. The van der Waals surface area contributed by atoms with Crippen molar-refractivity contribution in [3.8, 4) is 11.5 Å². The van der Waals surface area contributed by atoms with Crippen molar-refractivity contribution in [3.63, 3.8) is 0 Å². The van der Waals surface area contributed by atoms with E-state index < -0.39 is 11.9 Å². The highest BCUT2D eigenvalue weighted by atomic mass is 16.5. The maximum atomic E-state index is 12.1. The van der Waals surface area contributed by atoms with Gasteiger partial charge in [-0.1, -0.05) is 55.8 Å². The molecule has 0 aliphatic heterocycles. The molecule has 0 aliphatic carbocycles. The van der Waals surface area contributed by atoms with Crippen molar-refractivity contribution in [2.45, 2.75) is 32.1 Å². The topological polar surface area (TPSA) is 55.8 Å². The largest absolute Gasteiger partial charge is 0.497 e. The Morgan fingerprint density at radius 3 is 2.46 bits per heavy atom. The lowest BCUT2D eigenvalue weighted by Crippen LogP contribution is -2.15. The molecule has 0 saturated carbocycles. The second-order valence-corrected chi connectivity index (χ2v) is 6.83. The van der Waals surface area contributed by atoms with Crippen LogP contribution in [0.4, 0.5) is 0 Å². The normalized spacial score (nSPS) is 11.9. The van der Waals surface area contributed by atoms with E-state index in [0.717, 1.165) is 40.5 Å². The molecule has 3 aromatic rings. The lowest BCUT2D eigenvalue weighted by molar-refractivity contribution is -0.138. The zero-order chi connectivity index (χ0) is 19.9. The fourth-order valence-electron chi connectivity index (χ4n) is 3.38. The molecule has 28 heavy (non-hydrogen) atoms. The summed E-state index contributed by atoms with van der Waals surface area (Å²) in [5, 5.41) is 12.0. The van der Waals surface area contributed by atoms with E-state index in [0.29, 0.717) is 18.8 Å². The molecule has 0 amide bonds. The number of aliphatic carboxylic acids is 1. The molecule has 3 aromatic carbocycles. The highest BCUT2D eigenvalue weighted by Crippen LogP contribution is 2.33. The monoisotopic (exact) mass is 378 g/mol. The molecule has 0 aromatic heterocycles. The van der Waals surface area contributed by atoms with Crippen molar-refractivity contribution >= 4 is 16.7 Å². The summed E-state index contributed by atoms with van der Waals surface area (Å²) in [4.78, 5) is 12.1. The number of carbonyl (C=O) groups is 1. The van der Waals surface area contributed by atoms with Crippen molar-refractivity contribution in [3.05, 3.63) is 71.8 Å². The van der Waals surface area contributed by atoms with Crippen molar-refractivity contribution < 1.29 is 19.4 Å². The summed E-state index contributed by atoms with van der Waals surface area (Å²) in [7, 11) is 1.60. The Hall–Kier alpha value is -3.01. The quantitative estimate of drug-likeness (QED) is 0.504. The molecule has 4 heteroatoms. The first-order chi connectivity index (χ1) is 13.6. The van der Waals surface area contributed by atoms with E-state index in [1.807, 2.05) is 48.5 Å². The Kier molecular flexibility index (Phi) is 6.53. The molecule has 0 aliphatic rings. The molecule has 3 rings (SSSR count). The summed E-state index contributed by atoms with van der Waals surface area (Å²) in [6.07, 6.45) is 2.38. The molecule has 0 heterocycles. The minimum Gasteiger partial charge on any atom is -0.497 e. The van der Waals surface area contributed by atoms with Gasteiger partial charge in [0.25, 0.3) is 0 Å². The molecule has 0 radical (unpaired) electrons. The number of fused-ring (bicyclic) bond motifs is 1. The average molecular weight is 378 g/mol. The minimum absolute atomic E-state index is 0.366. The van der Waals surface area contributed by atoms with Crippen LogP contribution in [0, 0.1) is 0 Å². The number of rotatable bonds is 9. The van der Waals surface area contributed by atoms with Crippen molar-refractivity contribution in [2.75, 3.05) is 13.7 Å². The van der Waals surface area contributed by atoms with E-state index in [2.05, 4.69) is 6.92 Å². The van der Waals surface area contributed by atoms with Crippen LogP contribution in [0.3, 0.4) is 0 Å². The van der Waals surface area contributed by atoms with Crippen LogP contribution in [-0.4, -0.2) is 24.8 Å². The van der Waals surface area contributed by atoms with Crippen LogP contribution in [0.1, 0.15) is 36.8 Å². The van der Waals surface area contributed by atoms with Crippen LogP contribution in [0.25, 0.3) is 10.8 Å². The summed E-state index contributed by atoms with van der Waals surface area (Å²) in [6.45, 7) is 2.75. The molecule has 0 fully saturated rings. The van der Waals surface area contributed by atoms with E-state index in [4.69, 9.17) is 9.47 Å². The van der Waals surface area contributed by atoms with Gasteiger partial charge in [-0.3, -0.25) is 4.79 Å². The molecular formula is C24H26O4.